The van der Waals surface area contributed by atoms with E-state index in [-0.39, 0.29) is 6.04 Å². The lowest BCUT2D eigenvalue weighted by molar-refractivity contribution is 0.0220. The highest BCUT2D eigenvalue weighted by atomic mass is 32.2. The Hall–Kier alpha value is -0.910. The summed E-state index contributed by atoms with van der Waals surface area (Å²) in [4.78, 5) is 2.61. The number of piperidine rings is 2. The minimum atomic E-state index is -3.11. The molecular weight excluding hydrogens is 308 g/mol. The van der Waals surface area contributed by atoms with E-state index < -0.39 is 10.0 Å². The summed E-state index contributed by atoms with van der Waals surface area (Å²) in [5.74, 6) is 0.500. The van der Waals surface area contributed by atoms with Crippen LogP contribution >= 0.6 is 0 Å². The van der Waals surface area contributed by atoms with Gasteiger partial charge in [-0.3, -0.25) is 4.90 Å². The number of nitrogens with zero attached hydrogens (tertiary/aromatic N) is 2. The predicted molar refractivity (Wildman–Crippen MR) is 91.9 cm³/mol. The summed E-state index contributed by atoms with van der Waals surface area (Å²) < 4.78 is 26.2. The van der Waals surface area contributed by atoms with Crippen molar-refractivity contribution < 1.29 is 8.42 Å². The van der Waals surface area contributed by atoms with Crippen LogP contribution in [0.5, 0.6) is 0 Å². The summed E-state index contributed by atoms with van der Waals surface area (Å²) in [5, 5.41) is 0. The molecule has 0 radical (unpaired) electrons. The SMILES string of the molecule is Cc1cccc2c1[C@H]1C[C@H]3[C@H](CCCN3S(C)(=O)=O)CN1CC2. The molecule has 4 rings (SSSR count). The molecule has 0 bridgehead atoms. The molecule has 0 aliphatic carbocycles. The zero-order valence-corrected chi connectivity index (χ0v) is 14.8. The predicted octanol–water partition coefficient (Wildman–Crippen LogP) is 2.34. The number of fused-ring (bicyclic) bond motifs is 4. The number of aryl methyl sites for hydroxylation is 1. The lowest BCUT2D eigenvalue weighted by Crippen LogP contribution is -2.57. The lowest BCUT2D eigenvalue weighted by Gasteiger charge is -2.51. The lowest BCUT2D eigenvalue weighted by atomic mass is 9.76. The molecule has 3 heterocycles. The Morgan fingerprint density at radius 3 is 2.83 bits per heavy atom. The number of hydrogen-bond donors (Lipinski definition) is 0. The van der Waals surface area contributed by atoms with Gasteiger partial charge in [0.05, 0.1) is 6.26 Å². The van der Waals surface area contributed by atoms with Gasteiger partial charge in [-0.15, -0.1) is 0 Å². The summed E-state index contributed by atoms with van der Waals surface area (Å²) in [5.41, 5.74) is 4.29. The third kappa shape index (κ3) is 2.63. The number of hydrogen-bond acceptors (Lipinski definition) is 3. The van der Waals surface area contributed by atoms with Crippen LogP contribution in [0.15, 0.2) is 18.2 Å². The normalized spacial score (nSPS) is 32.0. The smallest absolute Gasteiger partial charge is 0.211 e. The summed E-state index contributed by atoms with van der Waals surface area (Å²) in [7, 11) is -3.11. The van der Waals surface area contributed by atoms with Gasteiger partial charge < -0.3 is 0 Å². The second kappa shape index (κ2) is 5.57. The summed E-state index contributed by atoms with van der Waals surface area (Å²) >= 11 is 0. The summed E-state index contributed by atoms with van der Waals surface area (Å²) in [6.07, 6.45) is 5.63. The molecule has 0 aromatic heterocycles. The van der Waals surface area contributed by atoms with Gasteiger partial charge in [0.2, 0.25) is 10.0 Å². The van der Waals surface area contributed by atoms with E-state index in [2.05, 4.69) is 30.0 Å². The first kappa shape index (κ1) is 15.6. The second-order valence-corrected chi connectivity index (χ2v) is 9.42. The van der Waals surface area contributed by atoms with E-state index in [1.807, 2.05) is 0 Å². The number of rotatable bonds is 1. The van der Waals surface area contributed by atoms with Gasteiger partial charge in [-0.25, -0.2) is 8.42 Å². The fourth-order valence-corrected chi connectivity index (χ4v) is 6.30. The van der Waals surface area contributed by atoms with E-state index in [4.69, 9.17) is 0 Å². The van der Waals surface area contributed by atoms with E-state index in [9.17, 15) is 8.42 Å². The molecule has 3 aliphatic heterocycles. The van der Waals surface area contributed by atoms with E-state index in [0.29, 0.717) is 18.5 Å². The van der Waals surface area contributed by atoms with Gasteiger partial charge in [0, 0.05) is 31.7 Å². The highest BCUT2D eigenvalue weighted by Gasteiger charge is 2.45. The van der Waals surface area contributed by atoms with Gasteiger partial charge in [-0.05, 0) is 55.2 Å². The van der Waals surface area contributed by atoms with Crippen LogP contribution in [0.1, 0.15) is 42.0 Å². The molecule has 5 heteroatoms. The third-order valence-electron chi connectivity index (χ3n) is 6.08. The molecule has 0 spiro atoms. The second-order valence-electron chi connectivity index (χ2n) is 7.49. The molecule has 0 saturated carbocycles. The van der Waals surface area contributed by atoms with Crippen LogP contribution in [0.25, 0.3) is 0 Å². The zero-order chi connectivity index (χ0) is 16.2. The highest BCUT2D eigenvalue weighted by Crippen LogP contribution is 2.44. The van der Waals surface area contributed by atoms with Crippen molar-refractivity contribution >= 4 is 10.0 Å². The van der Waals surface area contributed by atoms with Crippen molar-refractivity contribution in [3.8, 4) is 0 Å². The van der Waals surface area contributed by atoms with Crippen molar-refractivity contribution in [1.29, 1.82) is 0 Å². The molecule has 3 atom stereocenters. The first-order valence-electron chi connectivity index (χ1n) is 8.74. The maximum absolute atomic E-state index is 12.2. The fourth-order valence-electron chi connectivity index (χ4n) is 5.09. The minimum Gasteiger partial charge on any atom is -0.296 e. The molecule has 0 unspecified atom stereocenters. The maximum atomic E-state index is 12.2. The van der Waals surface area contributed by atoms with E-state index in [1.54, 1.807) is 4.31 Å². The van der Waals surface area contributed by atoms with Crippen LogP contribution in [0.3, 0.4) is 0 Å². The molecule has 1 aromatic carbocycles. The summed E-state index contributed by atoms with van der Waals surface area (Å²) in [6, 6.07) is 7.18. The minimum absolute atomic E-state index is 0.186. The fraction of sp³-hybridized carbons (Fsp3) is 0.667. The Balaban J connectivity index is 1.71. The molecule has 1 aromatic rings. The Morgan fingerprint density at radius 2 is 2.04 bits per heavy atom. The van der Waals surface area contributed by atoms with E-state index in [0.717, 1.165) is 32.4 Å². The molecule has 0 amide bonds. The summed E-state index contributed by atoms with van der Waals surface area (Å²) in [6.45, 7) is 5.06. The number of benzene rings is 1. The van der Waals surface area contributed by atoms with Gasteiger partial charge in [-0.1, -0.05) is 18.2 Å². The molecular formula is C18H26N2O2S. The van der Waals surface area contributed by atoms with Crippen LogP contribution in [0, 0.1) is 12.8 Å². The van der Waals surface area contributed by atoms with Gasteiger partial charge in [0.15, 0.2) is 0 Å². The number of sulfonamides is 1. The van der Waals surface area contributed by atoms with Gasteiger partial charge in [0.1, 0.15) is 0 Å². The van der Waals surface area contributed by atoms with Crippen LogP contribution in [-0.2, 0) is 16.4 Å². The van der Waals surface area contributed by atoms with Crippen molar-refractivity contribution in [2.24, 2.45) is 5.92 Å². The zero-order valence-electron chi connectivity index (χ0n) is 14.0. The molecule has 2 saturated heterocycles. The first-order valence-corrected chi connectivity index (χ1v) is 10.6. The highest BCUT2D eigenvalue weighted by molar-refractivity contribution is 7.88. The molecule has 126 valence electrons. The Labute approximate surface area is 139 Å². The van der Waals surface area contributed by atoms with Gasteiger partial charge in [-0.2, -0.15) is 4.31 Å². The van der Waals surface area contributed by atoms with Crippen molar-refractivity contribution in [1.82, 2.24) is 9.21 Å². The standard InChI is InChI=1S/C18H26N2O2S/c1-13-5-3-6-14-8-10-19-12-15-7-4-9-20(23(2,21)22)16(15)11-17(19)18(13)14/h3,5-6,15-17H,4,7-12H2,1-2H3/t15-,16+,17-/m1/s1. The molecule has 2 fully saturated rings. The third-order valence-corrected chi connectivity index (χ3v) is 7.39. The van der Waals surface area contributed by atoms with Gasteiger partial charge >= 0.3 is 0 Å². The van der Waals surface area contributed by atoms with Crippen molar-refractivity contribution in [2.75, 3.05) is 25.9 Å². The molecule has 0 N–H and O–H groups in total. The monoisotopic (exact) mass is 334 g/mol. The maximum Gasteiger partial charge on any atom is 0.211 e. The van der Waals surface area contributed by atoms with Crippen LogP contribution in [0.2, 0.25) is 0 Å². The molecule has 3 aliphatic rings. The average molecular weight is 334 g/mol. The van der Waals surface area contributed by atoms with Crippen molar-refractivity contribution in [3.63, 3.8) is 0 Å². The average Bonchev–Trinajstić information content (AvgIpc) is 2.51. The van der Waals surface area contributed by atoms with Crippen LogP contribution in [0.4, 0.5) is 0 Å². The Morgan fingerprint density at radius 1 is 1.22 bits per heavy atom. The Bertz CT molecular complexity index is 716. The topological polar surface area (TPSA) is 40.6 Å². The van der Waals surface area contributed by atoms with Crippen molar-refractivity contribution in [2.45, 2.75) is 44.7 Å². The van der Waals surface area contributed by atoms with Crippen LogP contribution in [-0.4, -0.2) is 49.6 Å². The van der Waals surface area contributed by atoms with Crippen molar-refractivity contribution in [3.05, 3.63) is 34.9 Å². The van der Waals surface area contributed by atoms with Crippen LogP contribution < -0.4 is 0 Å². The van der Waals surface area contributed by atoms with E-state index >= 15 is 0 Å². The Kier molecular flexibility index (Phi) is 3.78. The largest absolute Gasteiger partial charge is 0.296 e. The molecule has 4 nitrogen and oxygen atoms in total. The van der Waals surface area contributed by atoms with Gasteiger partial charge in [0.25, 0.3) is 0 Å². The first-order chi connectivity index (χ1) is 10.9. The van der Waals surface area contributed by atoms with E-state index in [1.165, 1.54) is 29.4 Å². The quantitative estimate of drug-likeness (QED) is 0.791. The molecule has 23 heavy (non-hydrogen) atoms.